The molecule has 0 saturated heterocycles. The predicted molar refractivity (Wildman–Crippen MR) is 113 cm³/mol. The molecule has 0 fully saturated rings. The Kier molecular flexibility index (Phi) is 5.67. The van der Waals surface area contributed by atoms with Gasteiger partial charge < -0.3 is 15.0 Å². The first-order valence-electron chi connectivity index (χ1n) is 9.12. The van der Waals surface area contributed by atoms with E-state index in [1.807, 2.05) is 30.3 Å². The highest BCUT2D eigenvalue weighted by molar-refractivity contribution is 7.71. The van der Waals surface area contributed by atoms with E-state index < -0.39 is 0 Å². The number of H-pyrrole nitrogens is 1. The second kappa shape index (κ2) is 8.71. The van der Waals surface area contributed by atoms with Crippen LogP contribution in [0.15, 0.2) is 79.1 Å². The zero-order chi connectivity index (χ0) is 20.9. The molecule has 0 aliphatic carbocycles. The van der Waals surface area contributed by atoms with Crippen molar-refractivity contribution in [1.29, 1.82) is 0 Å². The van der Waals surface area contributed by atoms with E-state index in [-0.39, 0.29) is 18.3 Å². The van der Waals surface area contributed by atoms with Crippen molar-refractivity contribution in [2.24, 2.45) is 0 Å². The Hall–Kier alpha value is -3.78. The maximum Gasteiger partial charge on any atom is 0.270 e. The molecule has 2 heterocycles. The fourth-order valence-electron chi connectivity index (χ4n) is 2.84. The molecular formula is C22H17FN4O2S. The summed E-state index contributed by atoms with van der Waals surface area (Å²) in [4.78, 5) is 19.8. The van der Waals surface area contributed by atoms with Crippen LogP contribution in [0.3, 0.4) is 0 Å². The minimum atomic E-state index is -0.333. The maximum absolute atomic E-state index is 13.0. The third-order valence-electron chi connectivity index (χ3n) is 4.31. The van der Waals surface area contributed by atoms with Crippen LogP contribution in [0, 0.1) is 10.6 Å². The second-order valence-electron chi connectivity index (χ2n) is 6.39. The monoisotopic (exact) mass is 420 g/mol. The summed E-state index contributed by atoms with van der Waals surface area (Å²) in [7, 11) is 0. The zero-order valence-electron chi connectivity index (χ0n) is 15.7. The molecule has 2 N–H and O–H groups in total. The van der Waals surface area contributed by atoms with Crippen LogP contribution in [0.5, 0.6) is 11.6 Å². The molecule has 6 nitrogen and oxygen atoms in total. The second-order valence-corrected chi connectivity index (χ2v) is 6.78. The molecule has 2 aromatic carbocycles. The molecule has 0 spiro atoms. The lowest BCUT2D eigenvalue weighted by Gasteiger charge is -2.09. The molecule has 4 aromatic rings. The summed E-state index contributed by atoms with van der Waals surface area (Å²) in [5, 5.41) is 2.87. The largest absolute Gasteiger partial charge is 0.439 e. The van der Waals surface area contributed by atoms with E-state index in [2.05, 4.69) is 15.3 Å². The van der Waals surface area contributed by atoms with Crippen molar-refractivity contribution in [2.75, 3.05) is 0 Å². The van der Waals surface area contributed by atoms with Gasteiger partial charge in [-0.15, -0.1) is 0 Å². The van der Waals surface area contributed by atoms with Crippen LogP contribution < -0.4 is 10.1 Å². The van der Waals surface area contributed by atoms with Crippen LogP contribution in [0.25, 0.3) is 5.69 Å². The SMILES string of the molecule is O=C(NCc1ccc(Oc2ccc(F)cc2)nc1)c1c[nH]c(=S)n1-c1ccccc1. The number of benzene rings is 2. The first-order valence-corrected chi connectivity index (χ1v) is 9.53. The third kappa shape index (κ3) is 4.44. The molecule has 0 unspecified atom stereocenters. The lowest BCUT2D eigenvalue weighted by Crippen LogP contribution is -2.25. The topological polar surface area (TPSA) is 71.9 Å². The van der Waals surface area contributed by atoms with E-state index in [1.165, 1.54) is 24.3 Å². The number of aromatic amines is 1. The summed E-state index contributed by atoms with van der Waals surface area (Å²) in [6.45, 7) is 0.287. The van der Waals surface area contributed by atoms with Crippen LogP contribution in [0.1, 0.15) is 16.1 Å². The van der Waals surface area contributed by atoms with Crippen LogP contribution in [0.4, 0.5) is 4.39 Å². The lowest BCUT2D eigenvalue weighted by molar-refractivity contribution is 0.0944. The molecule has 0 bridgehead atoms. The number of ether oxygens (including phenoxy) is 1. The first-order chi connectivity index (χ1) is 14.6. The maximum atomic E-state index is 13.0. The van der Waals surface area contributed by atoms with E-state index in [0.717, 1.165) is 11.3 Å². The van der Waals surface area contributed by atoms with E-state index in [1.54, 1.807) is 29.1 Å². The number of nitrogens with one attached hydrogen (secondary N) is 2. The van der Waals surface area contributed by atoms with Gasteiger partial charge in [-0.05, 0) is 54.2 Å². The Morgan fingerprint density at radius 2 is 1.87 bits per heavy atom. The highest BCUT2D eigenvalue weighted by Crippen LogP contribution is 2.19. The van der Waals surface area contributed by atoms with Crippen LogP contribution in [-0.2, 0) is 6.54 Å². The summed E-state index contributed by atoms with van der Waals surface area (Å²) >= 11 is 5.31. The number of halogens is 1. The Morgan fingerprint density at radius 1 is 1.10 bits per heavy atom. The van der Waals surface area contributed by atoms with E-state index in [0.29, 0.717) is 22.1 Å². The number of pyridine rings is 1. The summed E-state index contributed by atoms with van der Waals surface area (Å²) in [6.07, 6.45) is 3.20. The van der Waals surface area contributed by atoms with E-state index >= 15 is 0 Å². The van der Waals surface area contributed by atoms with Gasteiger partial charge in [-0.3, -0.25) is 9.36 Å². The number of hydrogen-bond acceptors (Lipinski definition) is 4. The smallest absolute Gasteiger partial charge is 0.270 e. The average molecular weight is 420 g/mol. The number of hydrogen-bond donors (Lipinski definition) is 2. The highest BCUT2D eigenvalue weighted by atomic mass is 32.1. The molecular weight excluding hydrogens is 403 g/mol. The first kappa shape index (κ1) is 19.5. The number of carbonyl (C=O) groups is 1. The van der Waals surface area contributed by atoms with Crippen LogP contribution >= 0.6 is 12.2 Å². The fraction of sp³-hybridized carbons (Fsp3) is 0.0455. The standard InChI is InChI=1S/C22H17FN4O2S/c23-16-7-9-18(10-8-16)29-20-11-6-15(12-24-20)13-25-21(28)19-14-26-22(30)27(19)17-4-2-1-3-5-17/h1-12,14H,13H2,(H,25,28)(H,26,30). The van der Waals surface area contributed by atoms with Crippen LogP contribution in [-0.4, -0.2) is 20.4 Å². The molecule has 30 heavy (non-hydrogen) atoms. The Morgan fingerprint density at radius 3 is 2.57 bits per heavy atom. The number of rotatable bonds is 6. The molecule has 0 aliphatic heterocycles. The van der Waals surface area contributed by atoms with Crippen molar-refractivity contribution in [1.82, 2.24) is 19.9 Å². The average Bonchev–Trinajstić information content (AvgIpc) is 3.17. The van der Waals surface area contributed by atoms with Gasteiger partial charge in [0.25, 0.3) is 5.91 Å². The lowest BCUT2D eigenvalue weighted by atomic mass is 10.2. The molecule has 0 saturated carbocycles. The van der Waals surface area contributed by atoms with Gasteiger partial charge in [0.15, 0.2) is 4.77 Å². The van der Waals surface area contributed by atoms with Crippen molar-refractivity contribution in [2.45, 2.75) is 6.54 Å². The number of para-hydroxylation sites is 1. The summed E-state index contributed by atoms with van der Waals surface area (Å²) in [5.41, 5.74) is 2.02. The molecule has 0 radical (unpaired) electrons. The molecule has 150 valence electrons. The van der Waals surface area contributed by atoms with Gasteiger partial charge >= 0.3 is 0 Å². The Labute approximate surface area is 177 Å². The number of imidazole rings is 1. The molecule has 8 heteroatoms. The van der Waals surface area contributed by atoms with Gasteiger partial charge in [0, 0.05) is 30.7 Å². The number of aromatic nitrogens is 3. The van der Waals surface area contributed by atoms with Crippen molar-refractivity contribution >= 4 is 18.1 Å². The Balaban J connectivity index is 1.41. The molecule has 4 rings (SSSR count). The molecule has 1 amide bonds. The van der Waals surface area contributed by atoms with Gasteiger partial charge in [0.1, 0.15) is 17.3 Å². The van der Waals surface area contributed by atoms with E-state index in [9.17, 15) is 9.18 Å². The number of nitrogens with zero attached hydrogens (tertiary/aromatic N) is 2. The van der Waals surface area contributed by atoms with Crippen molar-refractivity contribution in [3.63, 3.8) is 0 Å². The van der Waals surface area contributed by atoms with Gasteiger partial charge in [-0.2, -0.15) is 0 Å². The van der Waals surface area contributed by atoms with Crippen LogP contribution in [0.2, 0.25) is 0 Å². The van der Waals surface area contributed by atoms with E-state index in [4.69, 9.17) is 17.0 Å². The summed E-state index contributed by atoms with van der Waals surface area (Å²) in [6, 6.07) is 18.6. The zero-order valence-corrected chi connectivity index (χ0v) is 16.5. The molecule has 2 aromatic heterocycles. The normalized spacial score (nSPS) is 10.6. The quantitative estimate of drug-likeness (QED) is 0.440. The predicted octanol–water partition coefficient (Wildman–Crippen LogP) is 4.79. The number of carbonyl (C=O) groups excluding carboxylic acids is 1. The van der Waals surface area contributed by atoms with Gasteiger partial charge in [-0.25, -0.2) is 9.37 Å². The highest BCUT2D eigenvalue weighted by Gasteiger charge is 2.14. The van der Waals surface area contributed by atoms with Crippen molar-refractivity contribution in [3.05, 3.63) is 101 Å². The summed E-state index contributed by atoms with van der Waals surface area (Å²) < 4.78 is 20.6. The Bertz CT molecular complexity index is 1200. The van der Waals surface area contributed by atoms with Gasteiger partial charge in [-0.1, -0.05) is 24.3 Å². The van der Waals surface area contributed by atoms with Crippen molar-refractivity contribution < 1.29 is 13.9 Å². The molecule has 0 atom stereocenters. The van der Waals surface area contributed by atoms with Gasteiger partial charge in [0.2, 0.25) is 5.88 Å². The summed E-state index contributed by atoms with van der Waals surface area (Å²) in [5.74, 6) is 0.265. The third-order valence-corrected chi connectivity index (χ3v) is 4.61. The minimum absolute atomic E-state index is 0.266. The minimum Gasteiger partial charge on any atom is -0.439 e. The van der Waals surface area contributed by atoms with Gasteiger partial charge in [0.05, 0.1) is 0 Å². The van der Waals surface area contributed by atoms with Crippen molar-refractivity contribution in [3.8, 4) is 17.3 Å². The molecule has 0 aliphatic rings. The number of amides is 1. The fourth-order valence-corrected chi connectivity index (χ4v) is 3.10.